The molecule has 4 unspecified atom stereocenters. The Kier molecular flexibility index (Phi) is 22.3. The fourth-order valence-corrected chi connectivity index (χ4v) is 17.9. The van der Waals surface area contributed by atoms with Crippen molar-refractivity contribution in [1.29, 1.82) is 0 Å². The van der Waals surface area contributed by atoms with Crippen LogP contribution in [0.15, 0.2) is 0 Å². The van der Waals surface area contributed by atoms with Crippen LogP contribution in [0.5, 0.6) is 0 Å². The summed E-state index contributed by atoms with van der Waals surface area (Å²) in [5.41, 5.74) is 0. The largest absolute Gasteiger partial charge is 0.389 e. The Morgan fingerprint density at radius 2 is 0.682 bits per heavy atom. The summed E-state index contributed by atoms with van der Waals surface area (Å²) < 4.78 is 85.8. The third-order valence-corrected chi connectivity index (χ3v) is 18.4. The highest BCUT2D eigenvalue weighted by molar-refractivity contribution is 8.56. The molecule has 0 aromatic rings. The summed E-state index contributed by atoms with van der Waals surface area (Å²) in [6.45, 7) is 7.99. The molecule has 0 bridgehead atoms. The third kappa shape index (κ3) is 22.6. The molecule has 4 atom stereocenters. The molecule has 0 aromatic carbocycles. The van der Waals surface area contributed by atoms with Crippen molar-refractivity contribution in [2.24, 2.45) is 0 Å². The van der Waals surface area contributed by atoms with E-state index in [1.165, 1.54) is 0 Å². The van der Waals surface area contributed by atoms with Gasteiger partial charge in [0.1, 0.15) is 0 Å². The monoisotopic (exact) mass is 786 g/mol. The van der Waals surface area contributed by atoms with E-state index >= 15 is 0 Å². The smallest absolute Gasteiger partial charge is 0.324 e. The van der Waals surface area contributed by atoms with Crippen molar-refractivity contribution in [3.05, 3.63) is 0 Å². The van der Waals surface area contributed by atoms with Crippen molar-refractivity contribution in [2.75, 3.05) is 17.3 Å². The van der Waals surface area contributed by atoms with Gasteiger partial charge in [0, 0.05) is 17.3 Å². The van der Waals surface area contributed by atoms with Gasteiger partial charge in [-0.2, -0.15) is 0 Å². The third-order valence-electron chi connectivity index (χ3n) is 4.04. The molecule has 12 nitrogen and oxygen atoms in total. The van der Waals surface area contributed by atoms with E-state index in [2.05, 4.69) is 0 Å². The van der Waals surface area contributed by atoms with E-state index in [0.717, 1.165) is 34.1 Å². The fraction of sp³-hybridized carbons (Fsp3) is 1.00. The molecule has 0 aliphatic heterocycles. The van der Waals surface area contributed by atoms with Crippen LogP contribution in [-0.2, 0) is 61.7 Å². The number of hydrogen-bond donors (Lipinski definition) is 1. The molecule has 0 rings (SSSR count). The summed E-state index contributed by atoms with van der Waals surface area (Å²) in [5.74, 6) is 0.326. The van der Waals surface area contributed by atoms with E-state index in [9.17, 15) is 18.6 Å². The minimum absolute atomic E-state index is 0.0776. The molecule has 266 valence electrons. The molecule has 0 spiro atoms. The lowest BCUT2D eigenvalue weighted by molar-refractivity contribution is 0.137. The van der Waals surface area contributed by atoms with Crippen molar-refractivity contribution >= 4 is 73.1 Å². The van der Waals surface area contributed by atoms with Gasteiger partial charge in [-0.05, 0) is 136 Å². The van der Waals surface area contributed by atoms with E-state index in [1.807, 2.05) is 0 Å². The second kappa shape index (κ2) is 21.3. The highest BCUT2D eigenvalue weighted by Crippen LogP contribution is 2.67. The van der Waals surface area contributed by atoms with Crippen LogP contribution in [0, 0.1) is 0 Å². The quantitative estimate of drug-likeness (QED) is 0.0875. The Balaban J connectivity index is 5.78. The van der Waals surface area contributed by atoms with Crippen LogP contribution in [0.3, 0.4) is 0 Å². The van der Waals surface area contributed by atoms with Crippen LogP contribution in [-0.4, -0.2) is 71.0 Å². The first-order valence-corrected chi connectivity index (χ1v) is 26.4. The lowest BCUT2D eigenvalue weighted by Gasteiger charge is -2.28. The molecule has 0 aliphatic carbocycles. The Morgan fingerprint density at radius 1 is 0.455 bits per heavy atom. The highest BCUT2D eigenvalue weighted by Gasteiger charge is 2.37. The lowest BCUT2D eigenvalue weighted by atomic mass is 10.5. The lowest BCUT2D eigenvalue weighted by Crippen LogP contribution is -2.17. The van der Waals surface area contributed by atoms with Crippen LogP contribution in [0.1, 0.15) is 90.0 Å². The maximum Gasteiger partial charge on any atom is 0.389 e. The van der Waals surface area contributed by atoms with Crippen LogP contribution >= 0.6 is 61.3 Å². The van der Waals surface area contributed by atoms with Crippen LogP contribution in [0.4, 0.5) is 0 Å². The molecule has 0 aromatic heterocycles. The Morgan fingerprint density at radius 3 is 0.932 bits per heavy atom. The molecule has 44 heavy (non-hydrogen) atoms. The minimum Gasteiger partial charge on any atom is -0.324 e. The molecule has 0 amide bonds. The first-order valence-electron chi connectivity index (χ1n) is 14.4. The molecular formula is C24H54O12P4S4. The van der Waals surface area contributed by atoms with Gasteiger partial charge in [0.05, 0.1) is 48.8 Å². The summed E-state index contributed by atoms with van der Waals surface area (Å²) in [7, 11) is 0. The molecule has 0 fully saturated rings. The van der Waals surface area contributed by atoms with Crippen LogP contribution < -0.4 is 0 Å². The van der Waals surface area contributed by atoms with Gasteiger partial charge in [-0.15, -0.1) is 0 Å². The maximum atomic E-state index is 14.1. The average molecular weight is 787 g/mol. The summed E-state index contributed by atoms with van der Waals surface area (Å²) >= 11 is 7.85. The average Bonchev–Trinajstić information content (AvgIpc) is 2.77. The van der Waals surface area contributed by atoms with Crippen LogP contribution in [0.25, 0.3) is 0 Å². The van der Waals surface area contributed by atoms with E-state index in [-0.39, 0.29) is 47.8 Å². The van der Waals surface area contributed by atoms with Crippen LogP contribution in [0.2, 0.25) is 0 Å². The van der Waals surface area contributed by atoms with E-state index < -0.39 is 45.4 Å². The van der Waals surface area contributed by atoms with Gasteiger partial charge in [0.15, 0.2) is 0 Å². The van der Waals surface area contributed by atoms with Gasteiger partial charge in [-0.25, -0.2) is 13.7 Å². The zero-order valence-corrected chi connectivity index (χ0v) is 34.9. The Labute approximate surface area is 282 Å². The van der Waals surface area contributed by atoms with E-state index in [1.54, 1.807) is 90.0 Å². The molecule has 0 saturated carbocycles. The molecule has 20 heteroatoms. The van der Waals surface area contributed by atoms with Gasteiger partial charge in [0.2, 0.25) is 0 Å². The topological polar surface area (TPSA) is 145 Å². The summed E-state index contributed by atoms with van der Waals surface area (Å²) in [4.78, 5) is 10.4. The van der Waals surface area contributed by atoms with Gasteiger partial charge in [-0.3, -0.25) is 27.1 Å². The maximum absolute atomic E-state index is 14.1. The zero-order chi connectivity index (χ0) is 34.5. The summed E-state index contributed by atoms with van der Waals surface area (Å²) in [6, 6.07) is 0. The van der Waals surface area contributed by atoms with Gasteiger partial charge in [-0.1, -0.05) is 0 Å². The predicted molar refractivity (Wildman–Crippen MR) is 189 cm³/mol. The number of rotatable bonds is 25. The van der Waals surface area contributed by atoms with Gasteiger partial charge < -0.3 is 13.9 Å². The van der Waals surface area contributed by atoms with E-state index in [0.29, 0.717) is 0 Å². The molecule has 0 heterocycles. The molecular weight excluding hydrogens is 732 g/mol. The fourth-order valence-electron chi connectivity index (χ4n) is 2.93. The standard InChI is InChI=1S/C24H54O12P4S4/c1-17(2)29-37(25,41)34-22(11)14-44-40(28,35-23(12)15-42-38(26,30-18(3)4)31-19(5)6)36-24(13)16-43-39(27,32-20(7)8)33-21(9)10/h17-24H,14-16H2,1-13H3,(H,25,41). The Bertz CT molecular complexity index is 936. The van der Waals surface area contributed by atoms with Crippen molar-refractivity contribution < 1.29 is 54.8 Å². The van der Waals surface area contributed by atoms with Crippen molar-refractivity contribution in [1.82, 2.24) is 0 Å². The normalized spacial score (nSPS) is 18.2. The first kappa shape index (κ1) is 46.0. The summed E-state index contributed by atoms with van der Waals surface area (Å²) in [5, 5.41) is 0. The van der Waals surface area contributed by atoms with Gasteiger partial charge in [0.25, 0.3) is 0 Å². The summed E-state index contributed by atoms with van der Waals surface area (Å²) in [6.07, 6.45) is -3.78. The zero-order valence-electron chi connectivity index (χ0n) is 28.1. The predicted octanol–water partition coefficient (Wildman–Crippen LogP) is 10.1. The highest BCUT2D eigenvalue weighted by atomic mass is 32.7. The minimum atomic E-state index is -3.93. The molecule has 0 radical (unpaired) electrons. The molecule has 0 aliphatic rings. The van der Waals surface area contributed by atoms with E-state index in [4.69, 9.17) is 48.0 Å². The van der Waals surface area contributed by atoms with Gasteiger partial charge >= 0.3 is 27.1 Å². The Hall–Kier alpha value is 2.03. The second-order valence-electron chi connectivity index (χ2n) is 11.2. The molecule has 0 saturated heterocycles. The molecule has 1 N–H and O–H groups in total. The second-order valence-corrected chi connectivity index (χ2v) is 26.0. The van der Waals surface area contributed by atoms with Crippen molar-refractivity contribution in [3.8, 4) is 0 Å². The van der Waals surface area contributed by atoms with Crippen molar-refractivity contribution in [2.45, 2.75) is 139 Å². The number of hydrogen-bond acceptors (Lipinski definition) is 15. The first-order chi connectivity index (χ1) is 19.9. The SMILES string of the molecule is CC(C)OP(=O)(OC(C)C)SCC(C)OP(=O)(OC(C)CSP(=O)(OC(C)C)OC(C)C)SCC(C)OP(O)(=S)OC(C)C. The van der Waals surface area contributed by atoms with Crippen molar-refractivity contribution in [3.63, 3.8) is 0 Å².